The van der Waals surface area contributed by atoms with Crippen LogP contribution in [0.3, 0.4) is 0 Å². The van der Waals surface area contributed by atoms with E-state index in [1.807, 2.05) is 6.20 Å². The van der Waals surface area contributed by atoms with Gasteiger partial charge in [0.05, 0.1) is 18.4 Å². The largest absolute Gasteiger partial charge is 0.374 e. The van der Waals surface area contributed by atoms with Crippen LogP contribution < -0.4 is 0 Å². The number of aromatic nitrogens is 1. The highest BCUT2D eigenvalue weighted by molar-refractivity contribution is 5.12. The minimum absolute atomic E-state index is 0.341. The molecule has 1 aromatic heterocycles. The second kappa shape index (κ2) is 6.86. The Morgan fingerprint density at radius 3 is 2.86 bits per heavy atom. The minimum Gasteiger partial charge on any atom is -0.374 e. The molecule has 3 rings (SSSR count). The van der Waals surface area contributed by atoms with Crippen molar-refractivity contribution in [1.82, 2.24) is 14.8 Å². The van der Waals surface area contributed by atoms with Crippen LogP contribution in [0.2, 0.25) is 0 Å². The van der Waals surface area contributed by atoms with Crippen molar-refractivity contribution in [1.29, 1.82) is 0 Å². The third-order valence-electron chi connectivity index (χ3n) is 4.38. The number of morpholine rings is 1. The maximum absolute atomic E-state index is 5.93. The van der Waals surface area contributed by atoms with E-state index in [-0.39, 0.29) is 0 Å². The van der Waals surface area contributed by atoms with E-state index in [2.05, 4.69) is 40.9 Å². The van der Waals surface area contributed by atoms with E-state index in [4.69, 9.17) is 4.74 Å². The number of hydrogen-bond donors (Lipinski definition) is 0. The zero-order valence-corrected chi connectivity index (χ0v) is 13.3. The lowest BCUT2D eigenvalue weighted by atomic mass is 10.2. The van der Waals surface area contributed by atoms with E-state index in [9.17, 15) is 0 Å². The van der Waals surface area contributed by atoms with Crippen LogP contribution in [0.4, 0.5) is 0 Å². The van der Waals surface area contributed by atoms with E-state index in [1.165, 1.54) is 30.6 Å². The molecular weight excluding hydrogens is 262 g/mol. The second-order valence-electron chi connectivity index (χ2n) is 6.72. The Morgan fingerprint density at radius 1 is 1.33 bits per heavy atom. The van der Waals surface area contributed by atoms with Crippen LogP contribution in [-0.4, -0.2) is 60.7 Å². The Hall–Kier alpha value is -0.970. The average molecular weight is 289 g/mol. The summed E-state index contributed by atoms with van der Waals surface area (Å²) in [5.41, 5.74) is 2.40. The quantitative estimate of drug-likeness (QED) is 0.800. The minimum atomic E-state index is 0.341. The van der Waals surface area contributed by atoms with E-state index >= 15 is 0 Å². The average Bonchev–Trinajstić information content (AvgIpc) is 3.25. The van der Waals surface area contributed by atoms with E-state index in [0.29, 0.717) is 6.10 Å². The van der Waals surface area contributed by atoms with Gasteiger partial charge in [-0.2, -0.15) is 0 Å². The fraction of sp³-hybridized carbons (Fsp3) is 0.706. The molecule has 2 fully saturated rings. The van der Waals surface area contributed by atoms with Gasteiger partial charge in [0.25, 0.3) is 0 Å². The monoisotopic (exact) mass is 289 g/mol. The summed E-state index contributed by atoms with van der Waals surface area (Å²) >= 11 is 0. The fourth-order valence-corrected chi connectivity index (χ4v) is 2.96. The molecular formula is C17H27N3O. The molecule has 116 valence electrons. The Bertz CT molecular complexity index is 444. The molecule has 0 spiro atoms. The smallest absolute Gasteiger partial charge is 0.0829 e. The molecule has 1 saturated carbocycles. The van der Waals surface area contributed by atoms with Gasteiger partial charge >= 0.3 is 0 Å². The summed E-state index contributed by atoms with van der Waals surface area (Å²) in [6.07, 6.45) is 5.09. The van der Waals surface area contributed by atoms with Gasteiger partial charge in [-0.15, -0.1) is 0 Å². The van der Waals surface area contributed by atoms with Crippen molar-refractivity contribution in [2.24, 2.45) is 5.92 Å². The summed E-state index contributed by atoms with van der Waals surface area (Å²) in [6, 6.07) is 4.31. The van der Waals surface area contributed by atoms with Gasteiger partial charge in [-0.1, -0.05) is 6.07 Å². The van der Waals surface area contributed by atoms with Gasteiger partial charge in [0, 0.05) is 38.9 Å². The Balaban J connectivity index is 1.58. The van der Waals surface area contributed by atoms with Crippen LogP contribution in [0.1, 0.15) is 24.1 Å². The molecule has 0 radical (unpaired) electrons. The summed E-state index contributed by atoms with van der Waals surface area (Å²) in [4.78, 5) is 9.47. The molecule has 1 aromatic rings. The molecule has 0 aromatic carbocycles. The van der Waals surface area contributed by atoms with Gasteiger partial charge < -0.3 is 9.64 Å². The highest BCUT2D eigenvalue weighted by Crippen LogP contribution is 2.30. The van der Waals surface area contributed by atoms with E-state index in [1.54, 1.807) is 0 Å². The summed E-state index contributed by atoms with van der Waals surface area (Å²) in [5.74, 6) is 0.900. The number of hydrogen-bond acceptors (Lipinski definition) is 4. The molecule has 0 amide bonds. The predicted molar refractivity (Wildman–Crippen MR) is 84.2 cm³/mol. The fourth-order valence-electron chi connectivity index (χ4n) is 2.96. The van der Waals surface area contributed by atoms with Crippen LogP contribution in [0.15, 0.2) is 18.3 Å². The van der Waals surface area contributed by atoms with Gasteiger partial charge in [-0.3, -0.25) is 9.88 Å². The summed E-state index contributed by atoms with van der Waals surface area (Å²) in [5, 5.41) is 0. The van der Waals surface area contributed by atoms with Crippen LogP contribution in [0.5, 0.6) is 0 Å². The topological polar surface area (TPSA) is 28.6 Å². The molecule has 4 heteroatoms. The SMILES string of the molecule is Cc1ccc(CN(CC2CC2)C[C@@H]2CN(C)CCO2)nc1. The third-order valence-corrected chi connectivity index (χ3v) is 4.38. The molecule has 2 aliphatic rings. The zero-order valence-electron chi connectivity index (χ0n) is 13.3. The molecule has 2 heterocycles. The summed E-state index contributed by atoms with van der Waals surface area (Å²) < 4.78 is 5.93. The lowest BCUT2D eigenvalue weighted by molar-refractivity contribution is -0.0374. The highest BCUT2D eigenvalue weighted by atomic mass is 16.5. The Labute approximate surface area is 128 Å². The van der Waals surface area contributed by atoms with Crippen molar-refractivity contribution in [3.05, 3.63) is 29.6 Å². The first kappa shape index (κ1) is 14.9. The maximum atomic E-state index is 5.93. The van der Waals surface area contributed by atoms with Crippen LogP contribution >= 0.6 is 0 Å². The first-order valence-electron chi connectivity index (χ1n) is 8.13. The number of pyridine rings is 1. The maximum Gasteiger partial charge on any atom is 0.0829 e. The molecule has 1 aliphatic carbocycles. The molecule has 0 bridgehead atoms. The number of rotatable bonds is 6. The lowest BCUT2D eigenvalue weighted by Crippen LogP contribution is -2.46. The van der Waals surface area contributed by atoms with Crippen molar-refractivity contribution < 1.29 is 4.74 Å². The first-order chi connectivity index (χ1) is 10.2. The molecule has 0 N–H and O–H groups in total. The molecule has 21 heavy (non-hydrogen) atoms. The summed E-state index contributed by atoms with van der Waals surface area (Å²) in [7, 11) is 2.18. The van der Waals surface area contributed by atoms with Gasteiger partial charge in [0.1, 0.15) is 0 Å². The first-order valence-corrected chi connectivity index (χ1v) is 8.13. The second-order valence-corrected chi connectivity index (χ2v) is 6.72. The van der Waals surface area contributed by atoms with Crippen LogP contribution in [-0.2, 0) is 11.3 Å². The molecule has 1 atom stereocenters. The third kappa shape index (κ3) is 4.77. The van der Waals surface area contributed by atoms with Crippen molar-refractivity contribution >= 4 is 0 Å². The van der Waals surface area contributed by atoms with Gasteiger partial charge in [-0.05, 0) is 44.4 Å². The summed E-state index contributed by atoms with van der Waals surface area (Å²) in [6.45, 7) is 8.21. The lowest BCUT2D eigenvalue weighted by Gasteiger charge is -2.34. The van der Waals surface area contributed by atoms with Gasteiger partial charge in [0.15, 0.2) is 0 Å². The number of nitrogens with zero attached hydrogens (tertiary/aromatic N) is 3. The zero-order chi connectivity index (χ0) is 14.7. The number of likely N-dealkylation sites (N-methyl/N-ethyl adjacent to an activating group) is 1. The number of aryl methyl sites for hydroxylation is 1. The van der Waals surface area contributed by atoms with Crippen molar-refractivity contribution in [2.75, 3.05) is 39.8 Å². The molecule has 1 aliphatic heterocycles. The van der Waals surface area contributed by atoms with Crippen LogP contribution in [0, 0.1) is 12.8 Å². The molecule has 1 saturated heterocycles. The Kier molecular flexibility index (Phi) is 4.88. The van der Waals surface area contributed by atoms with Crippen molar-refractivity contribution in [2.45, 2.75) is 32.4 Å². The molecule has 0 unspecified atom stereocenters. The standard InChI is InChI=1S/C17H27N3O/c1-14-3-6-16(18-9-14)11-20(10-15-4-5-15)13-17-12-19(2)7-8-21-17/h3,6,9,15,17H,4-5,7-8,10-13H2,1-2H3/t17-/m0/s1. The highest BCUT2D eigenvalue weighted by Gasteiger charge is 2.27. The van der Waals surface area contributed by atoms with Crippen molar-refractivity contribution in [3.8, 4) is 0 Å². The van der Waals surface area contributed by atoms with Gasteiger partial charge in [0.2, 0.25) is 0 Å². The van der Waals surface area contributed by atoms with Crippen LogP contribution in [0.25, 0.3) is 0 Å². The van der Waals surface area contributed by atoms with Crippen molar-refractivity contribution in [3.63, 3.8) is 0 Å². The number of ether oxygens (including phenoxy) is 1. The normalized spacial score (nSPS) is 23.7. The molecule has 4 nitrogen and oxygen atoms in total. The van der Waals surface area contributed by atoms with E-state index < -0.39 is 0 Å². The Morgan fingerprint density at radius 2 is 2.19 bits per heavy atom. The predicted octanol–water partition coefficient (Wildman–Crippen LogP) is 1.93. The van der Waals surface area contributed by atoms with E-state index in [0.717, 1.165) is 38.7 Å². The van der Waals surface area contributed by atoms with Gasteiger partial charge in [-0.25, -0.2) is 0 Å².